The zero-order chi connectivity index (χ0) is 14.4. The van der Waals surface area contributed by atoms with Gasteiger partial charge in [0.1, 0.15) is 0 Å². The number of thiophene rings is 1. The van der Waals surface area contributed by atoms with E-state index >= 15 is 0 Å². The van der Waals surface area contributed by atoms with Crippen LogP contribution in [-0.2, 0) is 13.5 Å². The monoisotopic (exact) mass is 356 g/mol. The fourth-order valence-corrected chi connectivity index (χ4v) is 3.65. The summed E-state index contributed by atoms with van der Waals surface area (Å²) >= 11 is 5.34. The molecule has 2 aromatic heterocycles. The van der Waals surface area contributed by atoms with Gasteiger partial charge in [0.05, 0.1) is 11.7 Å². The van der Waals surface area contributed by atoms with Gasteiger partial charge in [0, 0.05) is 11.9 Å². The smallest absolute Gasteiger partial charge is 0.153 e. The molecule has 1 N–H and O–H groups in total. The van der Waals surface area contributed by atoms with Crippen LogP contribution in [0.4, 0.5) is 0 Å². The van der Waals surface area contributed by atoms with E-state index in [4.69, 9.17) is 0 Å². The quantitative estimate of drug-likeness (QED) is 0.783. The predicted octanol–water partition coefficient (Wildman–Crippen LogP) is 3.70. The summed E-state index contributed by atoms with van der Waals surface area (Å²) in [6, 6.07) is 4.64. The summed E-state index contributed by atoms with van der Waals surface area (Å²) in [5, 5.41) is 13.9. The molecule has 6 heteroatoms. The first kappa shape index (κ1) is 15.7. The van der Waals surface area contributed by atoms with Gasteiger partial charge in [-0.2, -0.15) is 0 Å². The van der Waals surface area contributed by atoms with Crippen LogP contribution in [0.2, 0.25) is 0 Å². The number of nitrogens with one attached hydrogen (secondary N) is 1. The van der Waals surface area contributed by atoms with Crippen molar-refractivity contribution in [3.05, 3.63) is 32.7 Å². The first-order valence-electron chi connectivity index (χ1n) is 7.03. The van der Waals surface area contributed by atoms with Crippen LogP contribution in [0.1, 0.15) is 42.8 Å². The second-order valence-electron chi connectivity index (χ2n) is 4.87. The highest BCUT2D eigenvalue weighted by Gasteiger charge is 2.19. The van der Waals surface area contributed by atoms with Crippen molar-refractivity contribution >= 4 is 27.3 Å². The molecule has 0 bridgehead atoms. The van der Waals surface area contributed by atoms with Crippen LogP contribution < -0.4 is 5.32 Å². The summed E-state index contributed by atoms with van der Waals surface area (Å²) in [6.45, 7) is 3.20. The number of nitrogens with zero attached hydrogens (tertiary/aromatic N) is 3. The molecule has 20 heavy (non-hydrogen) atoms. The second-order valence-corrected chi connectivity index (χ2v) is 6.65. The van der Waals surface area contributed by atoms with Crippen molar-refractivity contribution in [2.75, 3.05) is 6.54 Å². The molecular formula is C14H21BrN4S. The Bertz CT molecular complexity index is 490. The Morgan fingerprint density at radius 2 is 2.35 bits per heavy atom. The van der Waals surface area contributed by atoms with Crippen molar-refractivity contribution in [3.63, 3.8) is 0 Å². The van der Waals surface area contributed by atoms with E-state index in [0.717, 1.165) is 36.1 Å². The second kappa shape index (κ2) is 7.90. The first-order valence-corrected chi connectivity index (χ1v) is 8.70. The van der Waals surface area contributed by atoms with Gasteiger partial charge in [-0.15, -0.1) is 16.4 Å². The summed E-state index contributed by atoms with van der Waals surface area (Å²) in [7, 11) is 1.95. The minimum Gasteiger partial charge on any atom is -0.309 e. The lowest BCUT2D eigenvalue weighted by Gasteiger charge is -2.18. The molecule has 0 aliphatic rings. The summed E-state index contributed by atoms with van der Waals surface area (Å²) in [5.41, 5.74) is 1.14. The van der Waals surface area contributed by atoms with E-state index < -0.39 is 0 Å². The van der Waals surface area contributed by atoms with E-state index in [1.165, 1.54) is 11.3 Å². The molecule has 1 unspecified atom stereocenters. The molecule has 2 aromatic rings. The number of aromatic nitrogens is 3. The number of hydrogen-bond acceptors (Lipinski definition) is 4. The molecule has 4 nitrogen and oxygen atoms in total. The van der Waals surface area contributed by atoms with Crippen LogP contribution in [-0.4, -0.2) is 21.5 Å². The molecule has 0 radical (unpaired) electrons. The van der Waals surface area contributed by atoms with Gasteiger partial charge in [-0.1, -0.05) is 18.2 Å². The van der Waals surface area contributed by atoms with Crippen LogP contribution in [0.15, 0.2) is 22.1 Å². The topological polar surface area (TPSA) is 42.7 Å². The van der Waals surface area contributed by atoms with E-state index in [1.807, 2.05) is 23.1 Å². The summed E-state index contributed by atoms with van der Waals surface area (Å²) in [6.07, 6.45) is 4.53. The number of aryl methyl sites for hydroxylation is 2. The average Bonchev–Trinajstić information content (AvgIpc) is 3.05. The lowest BCUT2D eigenvalue weighted by atomic mass is 10.1. The number of rotatable bonds is 8. The lowest BCUT2D eigenvalue weighted by Crippen LogP contribution is -2.24. The zero-order valence-corrected chi connectivity index (χ0v) is 14.4. The van der Waals surface area contributed by atoms with Gasteiger partial charge in [-0.05, 0) is 59.6 Å². The van der Waals surface area contributed by atoms with Crippen molar-refractivity contribution in [1.29, 1.82) is 0 Å². The average molecular weight is 357 g/mol. The Labute approximate surface area is 132 Å². The Kier molecular flexibility index (Phi) is 6.19. The van der Waals surface area contributed by atoms with Crippen LogP contribution in [0.25, 0.3) is 0 Å². The molecule has 110 valence electrons. The molecule has 0 saturated heterocycles. The third kappa shape index (κ3) is 4.14. The molecule has 0 aromatic carbocycles. The molecular weight excluding hydrogens is 336 g/mol. The third-order valence-electron chi connectivity index (χ3n) is 3.29. The summed E-state index contributed by atoms with van der Waals surface area (Å²) in [5.74, 6) is 0. The highest BCUT2D eigenvalue weighted by molar-refractivity contribution is 9.10. The Balaban J connectivity index is 1.96. The van der Waals surface area contributed by atoms with Crippen LogP contribution in [0, 0.1) is 0 Å². The normalized spacial score (nSPS) is 12.8. The maximum Gasteiger partial charge on any atom is 0.153 e. The van der Waals surface area contributed by atoms with Crippen molar-refractivity contribution in [2.24, 2.45) is 7.05 Å². The lowest BCUT2D eigenvalue weighted by molar-refractivity contribution is 0.455. The molecule has 0 aliphatic heterocycles. The van der Waals surface area contributed by atoms with Gasteiger partial charge < -0.3 is 5.32 Å². The van der Waals surface area contributed by atoms with Crippen molar-refractivity contribution < 1.29 is 0 Å². The molecule has 0 aliphatic carbocycles. The van der Waals surface area contributed by atoms with Gasteiger partial charge in [-0.3, -0.25) is 0 Å². The minimum absolute atomic E-state index is 0.310. The van der Waals surface area contributed by atoms with Gasteiger partial charge in [0.25, 0.3) is 0 Å². The maximum absolute atomic E-state index is 4.09. The van der Waals surface area contributed by atoms with E-state index in [0.29, 0.717) is 6.04 Å². The van der Waals surface area contributed by atoms with E-state index in [1.54, 1.807) is 0 Å². The Morgan fingerprint density at radius 1 is 1.50 bits per heavy atom. The number of hydrogen-bond donors (Lipinski definition) is 1. The van der Waals surface area contributed by atoms with Crippen molar-refractivity contribution in [1.82, 2.24) is 20.3 Å². The van der Waals surface area contributed by atoms with Gasteiger partial charge in [0.2, 0.25) is 0 Å². The Hall–Kier alpha value is -0.720. The maximum atomic E-state index is 4.09. The fourth-order valence-electron chi connectivity index (χ4n) is 2.30. The van der Waals surface area contributed by atoms with E-state index in [9.17, 15) is 0 Å². The molecule has 2 rings (SSSR count). The molecule has 2 heterocycles. The van der Waals surface area contributed by atoms with Crippen molar-refractivity contribution in [3.8, 4) is 0 Å². The van der Waals surface area contributed by atoms with E-state index in [-0.39, 0.29) is 0 Å². The van der Waals surface area contributed by atoms with Gasteiger partial charge in [-0.25, -0.2) is 4.68 Å². The van der Waals surface area contributed by atoms with Crippen molar-refractivity contribution in [2.45, 2.75) is 38.6 Å². The van der Waals surface area contributed by atoms with Gasteiger partial charge in [0.15, 0.2) is 4.60 Å². The minimum atomic E-state index is 0.310. The molecule has 0 fully saturated rings. The van der Waals surface area contributed by atoms with Crippen LogP contribution in [0.5, 0.6) is 0 Å². The standard InChI is InChI=1S/C14H21BrN4S/c1-3-9-16-12(13-14(15)17-18-19(13)2)8-4-6-11-7-5-10-20-11/h5,7,10,12,16H,3-4,6,8-9H2,1-2H3. The number of halogens is 1. The Morgan fingerprint density at radius 3 is 2.95 bits per heavy atom. The molecule has 1 atom stereocenters. The van der Waals surface area contributed by atoms with Crippen LogP contribution >= 0.6 is 27.3 Å². The molecule has 0 amide bonds. The van der Waals surface area contributed by atoms with Gasteiger partial charge >= 0.3 is 0 Å². The third-order valence-corrected chi connectivity index (χ3v) is 4.79. The largest absolute Gasteiger partial charge is 0.309 e. The highest BCUT2D eigenvalue weighted by atomic mass is 79.9. The molecule has 0 saturated carbocycles. The summed E-state index contributed by atoms with van der Waals surface area (Å²) in [4.78, 5) is 1.46. The zero-order valence-electron chi connectivity index (χ0n) is 12.0. The first-order chi connectivity index (χ1) is 9.72. The predicted molar refractivity (Wildman–Crippen MR) is 87.0 cm³/mol. The summed E-state index contributed by atoms with van der Waals surface area (Å²) < 4.78 is 2.72. The van der Waals surface area contributed by atoms with E-state index in [2.05, 4.69) is 56.0 Å². The fraction of sp³-hybridized carbons (Fsp3) is 0.571. The highest BCUT2D eigenvalue weighted by Crippen LogP contribution is 2.25. The molecule has 0 spiro atoms. The SMILES string of the molecule is CCCNC(CCCc1cccs1)c1c(Br)nnn1C. The van der Waals surface area contributed by atoms with Crippen LogP contribution in [0.3, 0.4) is 0 Å².